The van der Waals surface area contributed by atoms with Crippen molar-refractivity contribution in [2.75, 3.05) is 5.32 Å². The van der Waals surface area contributed by atoms with Crippen LogP contribution in [0.25, 0.3) is 75.9 Å². The summed E-state index contributed by atoms with van der Waals surface area (Å²) in [6.45, 7) is 0. The Morgan fingerprint density at radius 2 is 1.10 bits per heavy atom. The van der Waals surface area contributed by atoms with Gasteiger partial charge in [-0.05, 0) is 45.8 Å². The van der Waals surface area contributed by atoms with Gasteiger partial charge in [0.05, 0.1) is 5.69 Å². The minimum atomic E-state index is -0.186. The number of nitrogens with one attached hydrogen (secondary N) is 1. The number of benzene rings is 7. The van der Waals surface area contributed by atoms with E-state index in [2.05, 4.69) is 102 Å². The Balaban J connectivity index is 1.08. The fourth-order valence-electron chi connectivity index (χ4n) is 6.72. The van der Waals surface area contributed by atoms with E-state index in [1.54, 1.807) is 11.3 Å². The molecular formula is C42H26N4OS. The summed E-state index contributed by atoms with van der Waals surface area (Å²) in [5.41, 5.74) is 4.98. The predicted octanol–water partition coefficient (Wildman–Crippen LogP) is 11.0. The Labute approximate surface area is 280 Å². The number of rotatable bonds is 4. The minimum absolute atomic E-state index is 0.186. The van der Waals surface area contributed by atoms with Gasteiger partial charge < -0.3 is 10.1 Å². The summed E-state index contributed by atoms with van der Waals surface area (Å²) in [6, 6.07) is 50.6. The average molecular weight is 635 g/mol. The molecule has 0 bridgehead atoms. The zero-order valence-corrected chi connectivity index (χ0v) is 26.4. The van der Waals surface area contributed by atoms with E-state index in [1.165, 1.54) is 41.7 Å². The average Bonchev–Trinajstić information content (AvgIpc) is 3.74. The second-order valence-corrected chi connectivity index (χ2v) is 13.2. The van der Waals surface area contributed by atoms with Gasteiger partial charge in [0.15, 0.2) is 23.7 Å². The SMILES string of the molecule is c1ccc(-c2nc(-c3ccc4c(c3)sc3cc5c(cc34)OC(c3ccccc3)N5)nc(-c3ccc4ccc5ccccc5c4c3)n2)cc1. The Morgan fingerprint density at radius 1 is 0.479 bits per heavy atom. The van der Waals surface area contributed by atoms with E-state index in [1.807, 2.05) is 48.5 Å². The normalized spacial score (nSPS) is 14.0. The first-order chi connectivity index (χ1) is 23.7. The number of thiophene rings is 1. The Hall–Kier alpha value is -6.11. The van der Waals surface area contributed by atoms with Crippen LogP contribution in [-0.4, -0.2) is 15.0 Å². The minimum Gasteiger partial charge on any atom is -0.464 e. The summed E-state index contributed by atoms with van der Waals surface area (Å²) in [4.78, 5) is 15.1. The molecule has 3 heterocycles. The third-order valence-electron chi connectivity index (χ3n) is 9.14. The molecule has 10 rings (SSSR count). The van der Waals surface area contributed by atoms with E-state index in [9.17, 15) is 0 Å². The van der Waals surface area contributed by atoms with Crippen molar-refractivity contribution in [3.8, 4) is 39.9 Å². The first-order valence-corrected chi connectivity index (χ1v) is 16.8. The lowest BCUT2D eigenvalue weighted by Crippen LogP contribution is -2.09. The van der Waals surface area contributed by atoms with E-state index < -0.39 is 0 Å². The third-order valence-corrected chi connectivity index (χ3v) is 10.3. The Bertz CT molecular complexity index is 2690. The zero-order valence-electron chi connectivity index (χ0n) is 25.6. The molecule has 226 valence electrons. The molecule has 0 saturated carbocycles. The lowest BCUT2D eigenvalue weighted by molar-refractivity contribution is 0.260. The van der Waals surface area contributed by atoms with Gasteiger partial charge in [0.25, 0.3) is 0 Å². The number of fused-ring (bicyclic) bond motifs is 7. The molecule has 0 amide bonds. The van der Waals surface area contributed by atoms with Crippen LogP contribution < -0.4 is 10.1 Å². The highest BCUT2D eigenvalue weighted by atomic mass is 32.1. The van der Waals surface area contributed by atoms with Gasteiger partial charge in [-0.25, -0.2) is 15.0 Å². The van der Waals surface area contributed by atoms with Gasteiger partial charge in [-0.15, -0.1) is 11.3 Å². The highest BCUT2D eigenvalue weighted by Crippen LogP contribution is 2.45. The number of hydrogen-bond acceptors (Lipinski definition) is 6. The number of aromatic nitrogens is 3. The maximum absolute atomic E-state index is 6.34. The molecule has 9 aromatic rings. The highest BCUT2D eigenvalue weighted by molar-refractivity contribution is 7.25. The molecule has 0 spiro atoms. The monoisotopic (exact) mass is 634 g/mol. The van der Waals surface area contributed by atoms with E-state index in [0.29, 0.717) is 17.5 Å². The van der Waals surface area contributed by atoms with Crippen LogP contribution in [0, 0.1) is 0 Å². The van der Waals surface area contributed by atoms with Crippen molar-refractivity contribution in [1.82, 2.24) is 15.0 Å². The summed E-state index contributed by atoms with van der Waals surface area (Å²) in [5.74, 6) is 2.82. The number of nitrogens with zero attached hydrogens (tertiary/aromatic N) is 3. The van der Waals surface area contributed by atoms with E-state index in [4.69, 9.17) is 19.7 Å². The molecule has 5 nitrogen and oxygen atoms in total. The van der Waals surface area contributed by atoms with E-state index in [-0.39, 0.29) is 6.23 Å². The van der Waals surface area contributed by atoms with Gasteiger partial charge in [0, 0.05) is 42.4 Å². The van der Waals surface area contributed by atoms with Crippen LogP contribution in [0.1, 0.15) is 11.8 Å². The molecule has 0 radical (unpaired) electrons. The van der Waals surface area contributed by atoms with Crippen molar-refractivity contribution in [2.45, 2.75) is 6.23 Å². The zero-order chi connectivity index (χ0) is 31.6. The molecule has 0 fully saturated rings. The second kappa shape index (κ2) is 10.7. The van der Waals surface area contributed by atoms with Crippen molar-refractivity contribution in [1.29, 1.82) is 0 Å². The molecule has 1 atom stereocenters. The summed E-state index contributed by atoms with van der Waals surface area (Å²) < 4.78 is 8.72. The first kappa shape index (κ1) is 27.0. The van der Waals surface area contributed by atoms with Gasteiger partial charge in [-0.2, -0.15) is 0 Å². The standard InChI is InChI=1S/C42H26N4OS/c1-3-10-27(11-4-1)39-44-40(29-18-17-26-16-15-25-9-7-8-14-31(25)33(26)21-29)46-41(45-39)30-19-20-32-34-23-36-35(24-38(34)48-37(32)22-30)43-42(47-36)28-12-5-2-6-13-28/h1-24,42-43H. The van der Waals surface area contributed by atoms with Crippen LogP contribution in [0.5, 0.6) is 5.75 Å². The first-order valence-electron chi connectivity index (χ1n) is 16.0. The topological polar surface area (TPSA) is 59.9 Å². The number of anilines is 1. The van der Waals surface area contributed by atoms with E-state index in [0.717, 1.165) is 33.7 Å². The van der Waals surface area contributed by atoms with Crippen molar-refractivity contribution < 1.29 is 4.74 Å². The van der Waals surface area contributed by atoms with Gasteiger partial charge in [0.2, 0.25) is 0 Å². The largest absolute Gasteiger partial charge is 0.464 e. The lowest BCUT2D eigenvalue weighted by atomic mass is 10.00. The number of ether oxygens (including phenoxy) is 1. The van der Waals surface area contributed by atoms with Gasteiger partial charge in [0.1, 0.15) is 5.75 Å². The van der Waals surface area contributed by atoms with Crippen molar-refractivity contribution in [2.24, 2.45) is 0 Å². The molecule has 1 unspecified atom stereocenters. The van der Waals surface area contributed by atoms with Gasteiger partial charge in [-0.3, -0.25) is 0 Å². The van der Waals surface area contributed by atoms with Crippen molar-refractivity contribution in [3.63, 3.8) is 0 Å². The van der Waals surface area contributed by atoms with Crippen LogP contribution in [0.2, 0.25) is 0 Å². The Morgan fingerprint density at radius 3 is 1.92 bits per heavy atom. The van der Waals surface area contributed by atoms with Gasteiger partial charge in [-0.1, -0.05) is 121 Å². The molecule has 0 aliphatic carbocycles. The second-order valence-electron chi connectivity index (χ2n) is 12.1. The summed E-state index contributed by atoms with van der Waals surface area (Å²) >= 11 is 1.77. The third kappa shape index (κ3) is 4.49. The van der Waals surface area contributed by atoms with Crippen molar-refractivity contribution in [3.05, 3.63) is 151 Å². The molecular weight excluding hydrogens is 609 g/mol. The lowest BCUT2D eigenvalue weighted by Gasteiger charge is -2.10. The predicted molar refractivity (Wildman–Crippen MR) is 197 cm³/mol. The summed E-state index contributed by atoms with van der Waals surface area (Å²) in [5, 5.41) is 10.7. The maximum atomic E-state index is 6.34. The molecule has 0 saturated heterocycles. The highest BCUT2D eigenvalue weighted by Gasteiger charge is 2.25. The smallest absolute Gasteiger partial charge is 0.196 e. The molecule has 1 aliphatic heterocycles. The van der Waals surface area contributed by atoms with Gasteiger partial charge >= 0.3 is 0 Å². The van der Waals surface area contributed by atoms with Crippen LogP contribution >= 0.6 is 11.3 Å². The fraction of sp³-hybridized carbons (Fsp3) is 0.0238. The number of hydrogen-bond donors (Lipinski definition) is 1. The fourth-order valence-corrected chi connectivity index (χ4v) is 7.89. The quantitative estimate of drug-likeness (QED) is 0.195. The molecule has 48 heavy (non-hydrogen) atoms. The maximum Gasteiger partial charge on any atom is 0.196 e. The molecule has 2 aromatic heterocycles. The van der Waals surface area contributed by atoms with E-state index >= 15 is 0 Å². The summed E-state index contributed by atoms with van der Waals surface area (Å²) in [7, 11) is 0. The van der Waals surface area contributed by atoms with Crippen LogP contribution in [0.4, 0.5) is 5.69 Å². The molecule has 6 heteroatoms. The molecule has 7 aromatic carbocycles. The summed E-state index contributed by atoms with van der Waals surface area (Å²) in [6.07, 6.45) is -0.186. The van der Waals surface area contributed by atoms with Crippen LogP contribution in [0.3, 0.4) is 0 Å². The van der Waals surface area contributed by atoms with Crippen LogP contribution in [0.15, 0.2) is 146 Å². The Kier molecular flexibility index (Phi) is 6.04. The molecule has 1 N–H and O–H groups in total. The van der Waals surface area contributed by atoms with Crippen molar-refractivity contribution >= 4 is 58.7 Å². The van der Waals surface area contributed by atoms with Crippen LogP contribution in [-0.2, 0) is 0 Å². The molecule has 1 aliphatic rings.